The van der Waals surface area contributed by atoms with Gasteiger partial charge in [0, 0.05) is 6.04 Å². The Labute approximate surface area is 70.0 Å². The SMILES string of the molecule is Fc1cnc(NC2CCC2)cn1. The minimum absolute atomic E-state index is 0.518. The zero-order valence-corrected chi connectivity index (χ0v) is 6.63. The number of aromatic nitrogens is 2. The molecular formula is C8H10FN3. The van der Waals surface area contributed by atoms with Gasteiger partial charge in [0.25, 0.3) is 0 Å². The van der Waals surface area contributed by atoms with E-state index in [9.17, 15) is 4.39 Å². The lowest BCUT2D eigenvalue weighted by atomic mass is 9.93. The molecule has 1 saturated carbocycles. The Bertz CT molecular complexity index is 256. The van der Waals surface area contributed by atoms with E-state index in [1.165, 1.54) is 25.5 Å². The molecule has 0 unspecified atom stereocenters. The summed E-state index contributed by atoms with van der Waals surface area (Å²) in [6.07, 6.45) is 6.18. The van der Waals surface area contributed by atoms with Crippen molar-refractivity contribution >= 4 is 5.82 Å². The summed E-state index contributed by atoms with van der Waals surface area (Å²) in [6, 6.07) is 0.518. The number of halogens is 1. The average Bonchev–Trinajstić information content (AvgIpc) is 2.00. The molecular weight excluding hydrogens is 157 g/mol. The van der Waals surface area contributed by atoms with Crippen LogP contribution in [0.3, 0.4) is 0 Å². The molecule has 0 amide bonds. The van der Waals surface area contributed by atoms with E-state index in [-0.39, 0.29) is 0 Å². The van der Waals surface area contributed by atoms with Gasteiger partial charge in [-0.1, -0.05) is 0 Å². The fourth-order valence-corrected chi connectivity index (χ4v) is 1.15. The maximum atomic E-state index is 12.3. The van der Waals surface area contributed by atoms with Crippen LogP contribution in [0, 0.1) is 5.95 Å². The van der Waals surface area contributed by atoms with Crippen molar-refractivity contribution in [3.63, 3.8) is 0 Å². The molecule has 4 heteroatoms. The molecule has 1 N–H and O–H groups in total. The van der Waals surface area contributed by atoms with Gasteiger partial charge in [-0.05, 0) is 19.3 Å². The summed E-state index contributed by atoms with van der Waals surface area (Å²) in [4.78, 5) is 7.35. The lowest BCUT2D eigenvalue weighted by molar-refractivity contribution is 0.444. The zero-order chi connectivity index (χ0) is 8.39. The highest BCUT2D eigenvalue weighted by molar-refractivity contribution is 5.32. The molecule has 0 radical (unpaired) electrons. The van der Waals surface area contributed by atoms with Gasteiger partial charge in [-0.15, -0.1) is 0 Å². The fraction of sp³-hybridized carbons (Fsp3) is 0.500. The second-order valence-electron chi connectivity index (χ2n) is 3.00. The summed E-state index contributed by atoms with van der Waals surface area (Å²) in [5, 5.41) is 3.17. The van der Waals surface area contributed by atoms with Crippen LogP contribution in [0.25, 0.3) is 0 Å². The topological polar surface area (TPSA) is 37.8 Å². The first-order valence-electron chi connectivity index (χ1n) is 4.09. The third kappa shape index (κ3) is 1.52. The van der Waals surface area contributed by atoms with Crippen molar-refractivity contribution in [2.75, 3.05) is 5.32 Å². The lowest BCUT2D eigenvalue weighted by Crippen LogP contribution is -2.27. The molecule has 64 valence electrons. The summed E-state index contributed by atoms with van der Waals surface area (Å²) in [7, 11) is 0. The van der Waals surface area contributed by atoms with Gasteiger partial charge in [-0.25, -0.2) is 9.97 Å². The van der Waals surface area contributed by atoms with Crippen LogP contribution in [-0.4, -0.2) is 16.0 Å². The highest BCUT2D eigenvalue weighted by Crippen LogP contribution is 2.21. The van der Waals surface area contributed by atoms with Crippen LogP contribution in [-0.2, 0) is 0 Å². The summed E-state index contributed by atoms with van der Waals surface area (Å²) < 4.78 is 12.3. The van der Waals surface area contributed by atoms with Crippen molar-refractivity contribution < 1.29 is 4.39 Å². The van der Waals surface area contributed by atoms with Crippen molar-refractivity contribution in [2.45, 2.75) is 25.3 Å². The van der Waals surface area contributed by atoms with Gasteiger partial charge in [-0.3, -0.25) is 0 Å². The molecule has 0 bridgehead atoms. The molecule has 0 spiro atoms. The molecule has 0 atom stereocenters. The molecule has 2 rings (SSSR count). The number of nitrogens with one attached hydrogen (secondary N) is 1. The van der Waals surface area contributed by atoms with E-state index in [1.807, 2.05) is 0 Å². The maximum Gasteiger partial charge on any atom is 0.231 e. The molecule has 1 fully saturated rings. The van der Waals surface area contributed by atoms with Gasteiger partial charge < -0.3 is 5.32 Å². The van der Waals surface area contributed by atoms with Crippen LogP contribution in [0.4, 0.5) is 10.2 Å². The van der Waals surface area contributed by atoms with Gasteiger partial charge in [0.05, 0.1) is 12.4 Å². The predicted octanol–water partition coefficient (Wildman–Crippen LogP) is 1.58. The summed E-state index contributed by atoms with van der Waals surface area (Å²) in [5.41, 5.74) is 0. The standard InChI is InChI=1S/C8H10FN3/c9-7-4-11-8(5-10-7)12-6-2-1-3-6/h4-6H,1-3H2,(H,11,12). The first-order valence-corrected chi connectivity index (χ1v) is 4.09. The molecule has 12 heavy (non-hydrogen) atoms. The highest BCUT2D eigenvalue weighted by Gasteiger charge is 2.17. The van der Waals surface area contributed by atoms with Gasteiger partial charge >= 0.3 is 0 Å². The van der Waals surface area contributed by atoms with E-state index in [2.05, 4.69) is 15.3 Å². The van der Waals surface area contributed by atoms with Crippen LogP contribution in [0.5, 0.6) is 0 Å². The average molecular weight is 167 g/mol. The first-order chi connectivity index (χ1) is 5.84. The van der Waals surface area contributed by atoms with Crippen molar-refractivity contribution in [1.82, 2.24) is 9.97 Å². The molecule has 0 aliphatic heterocycles. The summed E-state index contributed by atoms with van der Waals surface area (Å²) in [6.45, 7) is 0. The van der Waals surface area contributed by atoms with Crippen molar-refractivity contribution in [3.8, 4) is 0 Å². The number of hydrogen-bond acceptors (Lipinski definition) is 3. The number of rotatable bonds is 2. The Hall–Kier alpha value is -1.19. The highest BCUT2D eigenvalue weighted by atomic mass is 19.1. The van der Waals surface area contributed by atoms with E-state index in [1.54, 1.807) is 0 Å². The quantitative estimate of drug-likeness (QED) is 0.726. The van der Waals surface area contributed by atoms with Gasteiger partial charge in [0.2, 0.25) is 5.95 Å². The van der Waals surface area contributed by atoms with Crippen LogP contribution in [0.15, 0.2) is 12.4 Å². The maximum absolute atomic E-state index is 12.3. The molecule has 1 heterocycles. The van der Waals surface area contributed by atoms with Crippen molar-refractivity contribution in [1.29, 1.82) is 0 Å². The molecule has 1 aromatic rings. The Kier molecular flexibility index (Phi) is 1.89. The smallest absolute Gasteiger partial charge is 0.231 e. The molecule has 1 aromatic heterocycles. The van der Waals surface area contributed by atoms with E-state index in [0.717, 1.165) is 6.20 Å². The second kappa shape index (κ2) is 3.05. The van der Waals surface area contributed by atoms with Crippen molar-refractivity contribution in [2.24, 2.45) is 0 Å². The van der Waals surface area contributed by atoms with E-state index in [0.29, 0.717) is 11.9 Å². The Morgan fingerprint density at radius 1 is 1.33 bits per heavy atom. The monoisotopic (exact) mass is 167 g/mol. The van der Waals surface area contributed by atoms with Gasteiger partial charge in [0.1, 0.15) is 5.82 Å². The molecule has 0 saturated heterocycles. The Morgan fingerprint density at radius 2 is 2.17 bits per heavy atom. The molecule has 1 aliphatic carbocycles. The predicted molar refractivity (Wildman–Crippen MR) is 43.3 cm³/mol. The fourth-order valence-electron chi connectivity index (χ4n) is 1.15. The number of hydrogen-bond donors (Lipinski definition) is 1. The lowest BCUT2D eigenvalue weighted by Gasteiger charge is -2.26. The number of nitrogens with zero attached hydrogens (tertiary/aromatic N) is 2. The van der Waals surface area contributed by atoms with Crippen LogP contribution < -0.4 is 5.32 Å². The van der Waals surface area contributed by atoms with E-state index < -0.39 is 5.95 Å². The first kappa shape index (κ1) is 7.46. The zero-order valence-electron chi connectivity index (χ0n) is 6.63. The second-order valence-corrected chi connectivity index (χ2v) is 3.00. The van der Waals surface area contributed by atoms with Crippen LogP contribution in [0.1, 0.15) is 19.3 Å². The minimum Gasteiger partial charge on any atom is -0.366 e. The molecule has 1 aliphatic rings. The molecule has 3 nitrogen and oxygen atoms in total. The van der Waals surface area contributed by atoms with E-state index in [4.69, 9.17) is 0 Å². The Morgan fingerprint density at radius 3 is 2.67 bits per heavy atom. The van der Waals surface area contributed by atoms with Crippen molar-refractivity contribution in [3.05, 3.63) is 18.3 Å². The Balaban J connectivity index is 1.98. The largest absolute Gasteiger partial charge is 0.366 e. The third-order valence-electron chi connectivity index (χ3n) is 2.08. The minimum atomic E-state index is -0.533. The summed E-state index contributed by atoms with van der Waals surface area (Å²) in [5.74, 6) is 0.134. The van der Waals surface area contributed by atoms with Crippen LogP contribution in [0.2, 0.25) is 0 Å². The van der Waals surface area contributed by atoms with E-state index >= 15 is 0 Å². The molecule has 0 aromatic carbocycles. The third-order valence-corrected chi connectivity index (χ3v) is 2.08. The number of anilines is 1. The normalized spacial score (nSPS) is 17.1. The van der Waals surface area contributed by atoms with Gasteiger partial charge in [-0.2, -0.15) is 4.39 Å². The summed E-state index contributed by atoms with van der Waals surface area (Å²) >= 11 is 0. The van der Waals surface area contributed by atoms with Gasteiger partial charge in [0.15, 0.2) is 0 Å². The van der Waals surface area contributed by atoms with Crippen LogP contribution >= 0.6 is 0 Å².